The molecule has 0 bridgehead atoms. The van der Waals surface area contributed by atoms with Gasteiger partial charge in [0, 0.05) is 28.2 Å². The van der Waals surface area contributed by atoms with Crippen LogP contribution < -0.4 is 0 Å². The molecule has 154 valence electrons. The van der Waals surface area contributed by atoms with E-state index in [4.69, 9.17) is 9.40 Å². The second-order valence-corrected chi connectivity index (χ2v) is 8.45. The second-order valence-electron chi connectivity index (χ2n) is 8.45. The van der Waals surface area contributed by atoms with Gasteiger partial charge in [-0.15, -0.1) is 0 Å². The monoisotopic (exact) mass is 414 g/mol. The van der Waals surface area contributed by atoms with E-state index in [-0.39, 0.29) is 0 Å². The van der Waals surface area contributed by atoms with Crippen LogP contribution in [-0.4, -0.2) is 9.97 Å². The van der Waals surface area contributed by atoms with E-state index in [2.05, 4.69) is 85.6 Å². The molecule has 3 heteroatoms. The molecule has 3 nitrogen and oxygen atoms in total. The maximum absolute atomic E-state index is 6.24. The predicted molar refractivity (Wildman–Crippen MR) is 132 cm³/mol. The van der Waals surface area contributed by atoms with Gasteiger partial charge in [0.25, 0.3) is 0 Å². The van der Waals surface area contributed by atoms with Crippen molar-refractivity contribution in [3.05, 3.63) is 95.8 Å². The molecule has 32 heavy (non-hydrogen) atoms. The molecule has 0 amide bonds. The number of aryl methyl sites for hydroxylation is 3. The summed E-state index contributed by atoms with van der Waals surface area (Å²) in [6.45, 7) is 6.28. The summed E-state index contributed by atoms with van der Waals surface area (Å²) in [4.78, 5) is 9.39. The van der Waals surface area contributed by atoms with Crippen molar-refractivity contribution in [2.75, 3.05) is 0 Å². The van der Waals surface area contributed by atoms with Gasteiger partial charge < -0.3 is 4.42 Å². The summed E-state index contributed by atoms with van der Waals surface area (Å²) in [6.07, 6.45) is 1.97. The maximum atomic E-state index is 6.24. The average Bonchev–Trinajstić information content (AvgIpc) is 3.17. The first-order valence-corrected chi connectivity index (χ1v) is 10.8. The van der Waals surface area contributed by atoms with Gasteiger partial charge >= 0.3 is 0 Å². The molecule has 6 aromatic rings. The number of fused-ring (bicyclic) bond motifs is 4. The van der Waals surface area contributed by atoms with Crippen molar-refractivity contribution < 1.29 is 4.42 Å². The Kier molecular flexibility index (Phi) is 4.12. The van der Waals surface area contributed by atoms with E-state index in [1.54, 1.807) is 0 Å². The topological polar surface area (TPSA) is 38.9 Å². The number of para-hydroxylation sites is 1. The highest BCUT2D eigenvalue weighted by Gasteiger charge is 2.16. The van der Waals surface area contributed by atoms with Gasteiger partial charge in [0.1, 0.15) is 5.58 Å². The molecule has 3 aromatic heterocycles. The molecule has 0 radical (unpaired) electrons. The van der Waals surface area contributed by atoms with Crippen LogP contribution in [0.2, 0.25) is 0 Å². The largest absolute Gasteiger partial charge is 0.437 e. The van der Waals surface area contributed by atoms with Crippen LogP contribution in [0.4, 0.5) is 0 Å². The molecule has 0 aliphatic heterocycles. The van der Waals surface area contributed by atoms with Crippen molar-refractivity contribution in [2.45, 2.75) is 20.8 Å². The molecule has 0 fully saturated rings. The van der Waals surface area contributed by atoms with Gasteiger partial charge in [0.2, 0.25) is 5.71 Å². The van der Waals surface area contributed by atoms with Crippen molar-refractivity contribution in [3.8, 4) is 22.4 Å². The highest BCUT2D eigenvalue weighted by molar-refractivity contribution is 6.08. The average molecular weight is 415 g/mol. The summed E-state index contributed by atoms with van der Waals surface area (Å²) >= 11 is 0. The fourth-order valence-corrected chi connectivity index (χ4v) is 4.65. The standard InChI is InChI=1S/C29H22N2O/c1-17-11-13-20-7-4-5-8-21(20)27(17)25-15-26(30-16-18(25)2)24-10-6-9-22-23-14-12-19(3)31-29(23)32-28(22)24/h4-16H,1-3H3. The zero-order valence-electron chi connectivity index (χ0n) is 18.3. The third-order valence-electron chi connectivity index (χ3n) is 6.29. The molecular weight excluding hydrogens is 392 g/mol. The zero-order valence-corrected chi connectivity index (χ0v) is 18.3. The first kappa shape index (κ1) is 18.8. The first-order chi connectivity index (χ1) is 15.6. The van der Waals surface area contributed by atoms with Crippen LogP contribution in [-0.2, 0) is 0 Å². The normalized spacial score (nSPS) is 11.6. The summed E-state index contributed by atoms with van der Waals surface area (Å²) in [7, 11) is 0. The lowest BCUT2D eigenvalue weighted by Gasteiger charge is -2.14. The molecular formula is C29H22N2O. The molecule has 0 saturated carbocycles. The molecule has 0 saturated heterocycles. The molecule has 0 N–H and O–H groups in total. The quantitative estimate of drug-likeness (QED) is 0.290. The predicted octanol–water partition coefficient (Wildman–Crippen LogP) is 7.79. The lowest BCUT2D eigenvalue weighted by Crippen LogP contribution is -1.93. The Bertz CT molecular complexity index is 1660. The summed E-state index contributed by atoms with van der Waals surface area (Å²) in [6, 6.07) is 25.5. The number of rotatable bonds is 2. The minimum absolute atomic E-state index is 0.671. The van der Waals surface area contributed by atoms with E-state index in [0.29, 0.717) is 5.71 Å². The van der Waals surface area contributed by atoms with Gasteiger partial charge in [-0.3, -0.25) is 4.98 Å². The SMILES string of the molecule is Cc1ccc2c(n1)oc1c(-c3cc(-c4c(C)ccc5ccccc45)c(C)cn3)cccc12. The molecule has 0 aliphatic carbocycles. The lowest BCUT2D eigenvalue weighted by molar-refractivity contribution is 0.653. The molecule has 0 atom stereocenters. The van der Waals surface area contributed by atoms with Crippen LogP contribution in [0.3, 0.4) is 0 Å². The number of aromatic nitrogens is 2. The van der Waals surface area contributed by atoms with Crippen molar-refractivity contribution in [1.82, 2.24) is 9.97 Å². The van der Waals surface area contributed by atoms with E-state index in [0.717, 1.165) is 38.9 Å². The van der Waals surface area contributed by atoms with E-state index >= 15 is 0 Å². The summed E-state index contributed by atoms with van der Waals surface area (Å²) < 4.78 is 6.24. The summed E-state index contributed by atoms with van der Waals surface area (Å²) in [5, 5.41) is 4.60. The number of pyridine rings is 2. The van der Waals surface area contributed by atoms with Crippen molar-refractivity contribution >= 4 is 32.8 Å². The van der Waals surface area contributed by atoms with E-state index in [9.17, 15) is 0 Å². The number of nitrogens with zero attached hydrogens (tertiary/aromatic N) is 2. The maximum Gasteiger partial charge on any atom is 0.227 e. The Morgan fingerprint density at radius 1 is 0.688 bits per heavy atom. The Morgan fingerprint density at radius 2 is 1.53 bits per heavy atom. The molecule has 0 unspecified atom stereocenters. The smallest absolute Gasteiger partial charge is 0.227 e. The fraction of sp³-hybridized carbons (Fsp3) is 0.103. The number of benzene rings is 3. The van der Waals surface area contributed by atoms with Crippen LogP contribution in [0.1, 0.15) is 16.8 Å². The van der Waals surface area contributed by atoms with Gasteiger partial charge in [-0.25, -0.2) is 4.98 Å². The van der Waals surface area contributed by atoms with Gasteiger partial charge in [-0.2, -0.15) is 0 Å². The lowest BCUT2D eigenvalue weighted by atomic mass is 9.91. The summed E-state index contributed by atoms with van der Waals surface area (Å²) in [5.74, 6) is 0. The molecule has 0 aliphatic rings. The molecule has 6 rings (SSSR count). The minimum Gasteiger partial charge on any atom is -0.437 e. The Morgan fingerprint density at radius 3 is 2.44 bits per heavy atom. The highest BCUT2D eigenvalue weighted by atomic mass is 16.3. The van der Waals surface area contributed by atoms with Crippen molar-refractivity contribution in [3.63, 3.8) is 0 Å². The van der Waals surface area contributed by atoms with Crippen LogP contribution >= 0.6 is 0 Å². The fourth-order valence-electron chi connectivity index (χ4n) is 4.65. The van der Waals surface area contributed by atoms with Gasteiger partial charge in [0.05, 0.1) is 5.69 Å². The molecule has 3 aromatic carbocycles. The van der Waals surface area contributed by atoms with Crippen LogP contribution in [0, 0.1) is 20.8 Å². The number of hydrogen-bond donors (Lipinski definition) is 0. The Labute approximate surface area is 186 Å². The third-order valence-corrected chi connectivity index (χ3v) is 6.29. The number of furan rings is 1. The number of hydrogen-bond acceptors (Lipinski definition) is 3. The van der Waals surface area contributed by atoms with Crippen LogP contribution in [0.5, 0.6) is 0 Å². The zero-order chi connectivity index (χ0) is 21.8. The molecule has 3 heterocycles. The minimum atomic E-state index is 0.671. The molecule has 0 spiro atoms. The summed E-state index contributed by atoms with van der Waals surface area (Å²) in [5.41, 5.74) is 9.21. The van der Waals surface area contributed by atoms with E-state index < -0.39 is 0 Å². The second kappa shape index (κ2) is 7.03. The van der Waals surface area contributed by atoms with Crippen LogP contribution in [0.15, 0.2) is 83.4 Å². The van der Waals surface area contributed by atoms with Crippen molar-refractivity contribution in [2.24, 2.45) is 0 Å². The van der Waals surface area contributed by atoms with Gasteiger partial charge in [-0.05, 0) is 78.1 Å². The van der Waals surface area contributed by atoms with Gasteiger partial charge in [-0.1, -0.05) is 48.5 Å². The van der Waals surface area contributed by atoms with Crippen LogP contribution in [0.25, 0.3) is 55.2 Å². The third kappa shape index (κ3) is 2.82. The van der Waals surface area contributed by atoms with E-state index in [1.807, 2.05) is 19.2 Å². The Balaban J connectivity index is 1.62. The first-order valence-electron chi connectivity index (χ1n) is 10.8. The Hall–Kier alpha value is -3.98. The van der Waals surface area contributed by atoms with Crippen molar-refractivity contribution in [1.29, 1.82) is 0 Å². The van der Waals surface area contributed by atoms with E-state index in [1.165, 1.54) is 27.5 Å². The van der Waals surface area contributed by atoms with Gasteiger partial charge in [0.15, 0.2) is 0 Å². The highest BCUT2D eigenvalue weighted by Crippen LogP contribution is 2.38.